The Morgan fingerprint density at radius 3 is 3.00 bits per heavy atom. The van der Waals surface area contributed by atoms with Crippen LogP contribution in [-0.4, -0.2) is 27.6 Å². The molecular weight excluding hydrogens is 298 g/mol. The molecule has 2 rings (SSSR count). The van der Waals surface area contributed by atoms with E-state index in [1.54, 1.807) is 12.1 Å². The fourth-order valence-electron chi connectivity index (χ4n) is 2.20. The van der Waals surface area contributed by atoms with Gasteiger partial charge in [0.25, 0.3) is 0 Å². The second-order valence-corrected chi connectivity index (χ2v) is 5.04. The zero-order chi connectivity index (χ0) is 13.1. The van der Waals surface area contributed by atoms with Crippen molar-refractivity contribution in [3.05, 3.63) is 28.5 Å². The van der Waals surface area contributed by atoms with Crippen molar-refractivity contribution in [3.8, 4) is 6.07 Å². The molecule has 2 heterocycles. The molecule has 1 saturated heterocycles. The van der Waals surface area contributed by atoms with E-state index in [0.29, 0.717) is 29.7 Å². The number of nitrogens with zero attached hydrogens (tertiary/aromatic N) is 3. The van der Waals surface area contributed by atoms with Gasteiger partial charge in [-0.3, -0.25) is 4.90 Å². The molecule has 2 atom stereocenters. The van der Waals surface area contributed by atoms with Gasteiger partial charge in [0, 0.05) is 6.54 Å². The number of hydrogen-bond acceptors (Lipinski definition) is 3. The van der Waals surface area contributed by atoms with Crippen molar-refractivity contribution < 1.29 is 9.90 Å². The van der Waals surface area contributed by atoms with Crippen LogP contribution in [0.5, 0.6) is 0 Å². The van der Waals surface area contributed by atoms with Crippen molar-refractivity contribution in [2.75, 3.05) is 6.54 Å². The van der Waals surface area contributed by atoms with Crippen molar-refractivity contribution in [1.29, 1.82) is 5.26 Å². The third-order valence-corrected chi connectivity index (χ3v) is 3.55. The fraction of sp³-hybridized carbons (Fsp3) is 0.417. The minimum absolute atomic E-state index is 0.105. The van der Waals surface area contributed by atoms with Gasteiger partial charge in [0.15, 0.2) is 0 Å². The predicted molar refractivity (Wildman–Crippen MR) is 67.7 cm³/mol. The number of rotatable bonds is 1. The van der Waals surface area contributed by atoms with E-state index >= 15 is 0 Å². The van der Waals surface area contributed by atoms with Gasteiger partial charge in [-0.25, -0.2) is 9.78 Å². The van der Waals surface area contributed by atoms with Gasteiger partial charge in [-0.1, -0.05) is 6.07 Å². The van der Waals surface area contributed by atoms with Gasteiger partial charge in [0.2, 0.25) is 0 Å². The normalized spacial score (nSPS) is 23.4. The molecule has 6 heteroatoms. The topological polar surface area (TPSA) is 77.2 Å². The zero-order valence-corrected chi connectivity index (χ0v) is 11.2. The highest BCUT2D eigenvalue weighted by Gasteiger charge is 2.33. The zero-order valence-electron chi connectivity index (χ0n) is 9.58. The number of nitriles is 1. The third kappa shape index (κ3) is 2.62. The van der Waals surface area contributed by atoms with Crippen LogP contribution in [0.25, 0.3) is 0 Å². The van der Waals surface area contributed by atoms with E-state index in [4.69, 9.17) is 5.26 Å². The number of likely N-dealkylation sites (tertiary alicyclic amines) is 1. The maximum atomic E-state index is 11.2. The van der Waals surface area contributed by atoms with Gasteiger partial charge in [0.05, 0.1) is 23.7 Å². The molecule has 0 aliphatic carbocycles. The molecule has 0 bridgehead atoms. The molecule has 2 unspecified atom stereocenters. The second-order valence-electron chi connectivity index (χ2n) is 4.23. The first kappa shape index (κ1) is 12.8. The Kier molecular flexibility index (Phi) is 3.82. The number of hydrogen-bond donors (Lipinski definition) is 1. The average Bonchev–Trinajstić information content (AvgIpc) is 2.38. The van der Waals surface area contributed by atoms with Crippen LogP contribution in [0, 0.1) is 17.2 Å². The molecular formula is C12H12BrN3O2. The minimum atomic E-state index is -0.960. The maximum Gasteiger partial charge on any atom is 0.407 e. The molecule has 0 saturated carbocycles. The fourth-order valence-corrected chi connectivity index (χ4v) is 2.56. The predicted octanol–water partition coefficient (Wildman–Crippen LogP) is 2.80. The summed E-state index contributed by atoms with van der Waals surface area (Å²) in [6, 6.07) is 7.29. The van der Waals surface area contributed by atoms with Gasteiger partial charge >= 0.3 is 6.09 Å². The SMILES string of the molecule is N#CC1CCN(C(=O)O)C(c2cccc(Br)n2)C1. The summed E-state index contributed by atoms with van der Waals surface area (Å²) in [5.74, 6) is -0.105. The van der Waals surface area contributed by atoms with Crippen LogP contribution < -0.4 is 0 Å². The largest absolute Gasteiger partial charge is 0.465 e. The maximum absolute atomic E-state index is 11.2. The summed E-state index contributed by atoms with van der Waals surface area (Å²) in [7, 11) is 0. The molecule has 1 aromatic heterocycles. The third-order valence-electron chi connectivity index (χ3n) is 3.11. The quantitative estimate of drug-likeness (QED) is 0.809. The number of aromatic nitrogens is 1. The lowest BCUT2D eigenvalue weighted by atomic mass is 9.90. The smallest absolute Gasteiger partial charge is 0.407 e. The number of pyridine rings is 1. The Morgan fingerprint density at radius 2 is 2.39 bits per heavy atom. The van der Waals surface area contributed by atoms with Crippen LogP contribution in [-0.2, 0) is 0 Å². The van der Waals surface area contributed by atoms with Crippen molar-refractivity contribution in [1.82, 2.24) is 9.88 Å². The van der Waals surface area contributed by atoms with E-state index in [1.807, 2.05) is 6.07 Å². The molecule has 94 valence electrons. The van der Waals surface area contributed by atoms with Crippen LogP contribution in [0.4, 0.5) is 4.79 Å². The van der Waals surface area contributed by atoms with Crippen LogP contribution >= 0.6 is 15.9 Å². The summed E-state index contributed by atoms with van der Waals surface area (Å²) in [6.45, 7) is 0.381. The first-order valence-electron chi connectivity index (χ1n) is 5.63. The molecule has 1 aliphatic heterocycles. The van der Waals surface area contributed by atoms with Gasteiger partial charge in [0.1, 0.15) is 4.60 Å². The Balaban J connectivity index is 2.30. The Hall–Kier alpha value is -1.61. The van der Waals surface area contributed by atoms with E-state index in [1.165, 1.54) is 4.90 Å². The first-order valence-corrected chi connectivity index (χ1v) is 6.42. The Bertz CT molecular complexity index is 500. The molecule has 0 radical (unpaired) electrons. The van der Waals surface area contributed by atoms with Crippen LogP contribution in [0.2, 0.25) is 0 Å². The van der Waals surface area contributed by atoms with Crippen molar-refractivity contribution >= 4 is 22.0 Å². The van der Waals surface area contributed by atoms with Crippen LogP contribution in [0.1, 0.15) is 24.6 Å². The number of carboxylic acid groups (broad SMARTS) is 1. The number of carbonyl (C=O) groups is 1. The molecule has 1 aliphatic rings. The molecule has 5 nitrogen and oxygen atoms in total. The summed E-state index contributed by atoms with van der Waals surface area (Å²) < 4.78 is 0.671. The minimum Gasteiger partial charge on any atom is -0.465 e. The standard InChI is InChI=1S/C12H12BrN3O2/c13-11-3-1-2-9(15-11)10-6-8(7-14)4-5-16(10)12(17)18/h1-3,8,10H,4-6H2,(H,17,18). The molecule has 1 amide bonds. The molecule has 1 fully saturated rings. The number of halogens is 1. The highest BCUT2D eigenvalue weighted by molar-refractivity contribution is 9.10. The molecule has 1 aromatic rings. The molecule has 18 heavy (non-hydrogen) atoms. The van der Waals surface area contributed by atoms with Gasteiger partial charge < -0.3 is 5.11 Å². The van der Waals surface area contributed by atoms with Crippen LogP contribution in [0.3, 0.4) is 0 Å². The number of amides is 1. The first-order chi connectivity index (χ1) is 8.61. The Labute approximate surface area is 113 Å². The van der Waals surface area contributed by atoms with Gasteiger partial charge in [-0.05, 0) is 40.9 Å². The summed E-state index contributed by atoms with van der Waals surface area (Å²) in [4.78, 5) is 16.9. The second kappa shape index (κ2) is 5.36. The summed E-state index contributed by atoms with van der Waals surface area (Å²) in [5, 5.41) is 18.2. The van der Waals surface area contributed by atoms with Gasteiger partial charge in [-0.2, -0.15) is 5.26 Å². The van der Waals surface area contributed by atoms with Crippen LogP contribution in [0.15, 0.2) is 22.8 Å². The average molecular weight is 310 g/mol. The lowest BCUT2D eigenvalue weighted by molar-refractivity contribution is 0.0962. The summed E-state index contributed by atoms with van der Waals surface area (Å²) in [5.41, 5.74) is 0.687. The van der Waals surface area contributed by atoms with Gasteiger partial charge in [-0.15, -0.1) is 0 Å². The monoisotopic (exact) mass is 309 g/mol. The Morgan fingerprint density at radius 1 is 1.61 bits per heavy atom. The van der Waals surface area contributed by atoms with E-state index in [2.05, 4.69) is 27.0 Å². The lowest BCUT2D eigenvalue weighted by Gasteiger charge is -2.35. The molecule has 1 N–H and O–H groups in total. The lowest BCUT2D eigenvalue weighted by Crippen LogP contribution is -2.40. The number of piperidine rings is 1. The molecule has 0 aromatic carbocycles. The highest BCUT2D eigenvalue weighted by Crippen LogP contribution is 2.33. The van der Waals surface area contributed by atoms with E-state index in [0.717, 1.165) is 0 Å². The highest BCUT2D eigenvalue weighted by atomic mass is 79.9. The van der Waals surface area contributed by atoms with Crippen molar-refractivity contribution in [3.63, 3.8) is 0 Å². The summed E-state index contributed by atoms with van der Waals surface area (Å²) >= 11 is 3.28. The molecule has 0 spiro atoms. The van der Waals surface area contributed by atoms with Crippen molar-refractivity contribution in [2.45, 2.75) is 18.9 Å². The summed E-state index contributed by atoms with van der Waals surface area (Å²) in [6.07, 6.45) is 0.137. The van der Waals surface area contributed by atoms with E-state index < -0.39 is 6.09 Å². The van der Waals surface area contributed by atoms with E-state index in [-0.39, 0.29) is 12.0 Å². The van der Waals surface area contributed by atoms with E-state index in [9.17, 15) is 9.90 Å². The van der Waals surface area contributed by atoms with Crippen molar-refractivity contribution in [2.24, 2.45) is 5.92 Å².